The van der Waals surface area contributed by atoms with Crippen molar-refractivity contribution in [2.45, 2.75) is 6.92 Å². The third-order valence-electron chi connectivity index (χ3n) is 1.95. The lowest BCUT2D eigenvalue weighted by Gasteiger charge is -2.08. The van der Waals surface area contributed by atoms with Gasteiger partial charge in [0.2, 0.25) is 0 Å². The standard InChI is InChI=1S/C10H11BrN2O6S/c1-4-19-10(16)13-12-6(9(15)18-3)7(20-13)5(11)8(14)17-2/h4H2,1-3H3. The van der Waals surface area contributed by atoms with Crippen molar-refractivity contribution < 1.29 is 28.6 Å². The summed E-state index contributed by atoms with van der Waals surface area (Å²) in [5.41, 5.74) is -0.192. The van der Waals surface area contributed by atoms with Crippen molar-refractivity contribution in [3.63, 3.8) is 0 Å². The lowest BCUT2D eigenvalue weighted by atomic mass is 10.3. The largest absolute Gasteiger partial charge is 0.465 e. The summed E-state index contributed by atoms with van der Waals surface area (Å²) in [6.07, 6.45) is -0.765. The molecule has 1 aliphatic rings. The van der Waals surface area contributed by atoms with Gasteiger partial charge in [0.15, 0.2) is 5.71 Å². The molecule has 0 fully saturated rings. The summed E-state index contributed by atoms with van der Waals surface area (Å²) in [6, 6.07) is 0. The van der Waals surface area contributed by atoms with Gasteiger partial charge in [-0.05, 0) is 22.9 Å². The smallest absolute Gasteiger partial charge is 0.441 e. The maximum Gasteiger partial charge on any atom is 0.441 e. The van der Waals surface area contributed by atoms with E-state index in [2.05, 4.69) is 30.5 Å². The number of ether oxygens (including phenoxy) is 3. The molecule has 0 aromatic rings. The Labute approximate surface area is 127 Å². The molecule has 0 bridgehead atoms. The molecule has 0 saturated heterocycles. The van der Waals surface area contributed by atoms with Crippen LogP contribution in [-0.2, 0) is 23.8 Å². The fourth-order valence-corrected chi connectivity index (χ4v) is 2.46. The molecular weight excluding hydrogens is 356 g/mol. The van der Waals surface area contributed by atoms with Gasteiger partial charge in [-0.25, -0.2) is 14.4 Å². The van der Waals surface area contributed by atoms with Crippen LogP contribution >= 0.6 is 27.9 Å². The van der Waals surface area contributed by atoms with Crippen LogP contribution in [0.15, 0.2) is 14.5 Å². The maximum atomic E-state index is 11.6. The molecule has 1 rings (SSSR count). The lowest BCUT2D eigenvalue weighted by molar-refractivity contribution is -0.135. The third-order valence-corrected chi connectivity index (χ3v) is 3.92. The summed E-state index contributed by atoms with van der Waals surface area (Å²) in [5.74, 6) is -1.50. The van der Waals surface area contributed by atoms with Crippen LogP contribution in [0.1, 0.15) is 6.92 Å². The third kappa shape index (κ3) is 3.51. The molecule has 0 N–H and O–H groups in total. The van der Waals surface area contributed by atoms with E-state index in [1.807, 2.05) is 0 Å². The van der Waals surface area contributed by atoms with Gasteiger partial charge in [-0.2, -0.15) is 0 Å². The second-order valence-corrected chi connectivity index (χ2v) is 4.87. The lowest BCUT2D eigenvalue weighted by Crippen LogP contribution is -2.19. The highest BCUT2D eigenvalue weighted by Gasteiger charge is 2.36. The van der Waals surface area contributed by atoms with E-state index in [1.165, 1.54) is 7.11 Å². The first-order valence-electron chi connectivity index (χ1n) is 5.26. The van der Waals surface area contributed by atoms with Gasteiger partial charge >= 0.3 is 18.0 Å². The zero-order chi connectivity index (χ0) is 15.3. The van der Waals surface area contributed by atoms with E-state index in [4.69, 9.17) is 4.74 Å². The van der Waals surface area contributed by atoms with Gasteiger partial charge in [-0.1, -0.05) is 0 Å². The second kappa shape index (κ2) is 7.29. The number of carbonyl (C=O) groups is 3. The number of hydrogen-bond acceptors (Lipinski definition) is 8. The number of halogens is 1. The van der Waals surface area contributed by atoms with Crippen LogP contribution in [0.2, 0.25) is 0 Å². The highest BCUT2D eigenvalue weighted by molar-refractivity contribution is 9.12. The quantitative estimate of drug-likeness (QED) is 0.322. The Morgan fingerprint density at radius 3 is 2.45 bits per heavy atom. The molecule has 1 amide bonds. The van der Waals surface area contributed by atoms with E-state index < -0.39 is 18.0 Å². The van der Waals surface area contributed by atoms with Gasteiger partial charge in [0.25, 0.3) is 0 Å². The molecule has 0 atom stereocenters. The molecule has 0 spiro atoms. The van der Waals surface area contributed by atoms with Crippen molar-refractivity contribution in [2.24, 2.45) is 5.10 Å². The van der Waals surface area contributed by atoms with Crippen LogP contribution in [0, 0.1) is 0 Å². The van der Waals surface area contributed by atoms with E-state index in [0.29, 0.717) is 0 Å². The number of rotatable bonds is 3. The molecule has 0 saturated carbocycles. The number of esters is 2. The van der Waals surface area contributed by atoms with E-state index >= 15 is 0 Å². The molecule has 10 heteroatoms. The topological polar surface area (TPSA) is 94.5 Å². The monoisotopic (exact) mass is 366 g/mol. The van der Waals surface area contributed by atoms with Crippen molar-refractivity contribution in [3.8, 4) is 0 Å². The molecule has 0 aromatic carbocycles. The Hall–Kier alpha value is -1.55. The minimum absolute atomic E-state index is 0.0408. The number of hydrogen-bond donors (Lipinski definition) is 0. The van der Waals surface area contributed by atoms with Crippen molar-refractivity contribution in [1.82, 2.24) is 4.41 Å². The van der Waals surface area contributed by atoms with Gasteiger partial charge < -0.3 is 14.2 Å². The summed E-state index contributed by atoms with van der Waals surface area (Å²) in [5, 5.41) is 3.76. The van der Waals surface area contributed by atoms with E-state index in [0.717, 1.165) is 23.5 Å². The predicted octanol–water partition coefficient (Wildman–Crippen LogP) is 1.42. The van der Waals surface area contributed by atoms with Crippen molar-refractivity contribution >= 4 is 51.6 Å². The maximum absolute atomic E-state index is 11.6. The zero-order valence-electron chi connectivity index (χ0n) is 10.8. The number of hydrazone groups is 1. The van der Waals surface area contributed by atoms with Crippen LogP contribution in [-0.4, -0.2) is 49.0 Å². The number of methoxy groups -OCH3 is 2. The second-order valence-electron chi connectivity index (χ2n) is 3.14. The normalized spacial score (nSPS) is 16.4. The molecule has 8 nitrogen and oxygen atoms in total. The number of amides is 1. The van der Waals surface area contributed by atoms with E-state index in [9.17, 15) is 14.4 Å². The summed E-state index contributed by atoms with van der Waals surface area (Å²) in [6.45, 7) is 1.78. The average Bonchev–Trinajstić information content (AvgIpc) is 2.90. The summed E-state index contributed by atoms with van der Waals surface area (Å²) < 4.78 is 14.6. The van der Waals surface area contributed by atoms with Crippen LogP contribution in [0.4, 0.5) is 4.79 Å². The van der Waals surface area contributed by atoms with E-state index in [-0.39, 0.29) is 21.7 Å². The zero-order valence-corrected chi connectivity index (χ0v) is 13.2. The Kier molecular flexibility index (Phi) is 6.02. The summed E-state index contributed by atoms with van der Waals surface area (Å²) >= 11 is 3.75. The number of carbonyl (C=O) groups excluding carboxylic acids is 3. The fraction of sp³-hybridized carbons (Fsp3) is 0.400. The highest BCUT2D eigenvalue weighted by atomic mass is 79.9. The van der Waals surface area contributed by atoms with Crippen LogP contribution in [0.3, 0.4) is 0 Å². The van der Waals surface area contributed by atoms with Gasteiger partial charge in [0.1, 0.15) is 4.48 Å². The fourth-order valence-electron chi connectivity index (χ4n) is 1.10. The van der Waals surface area contributed by atoms with Crippen molar-refractivity contribution in [2.75, 3.05) is 20.8 Å². The molecule has 110 valence electrons. The molecular formula is C10H11BrN2O6S. The molecule has 0 aromatic heterocycles. The first-order chi connectivity index (χ1) is 9.46. The minimum atomic E-state index is -0.792. The van der Waals surface area contributed by atoms with Gasteiger partial charge in [0.05, 0.1) is 25.7 Å². The molecule has 1 heterocycles. The molecule has 0 unspecified atom stereocenters. The SMILES string of the molecule is CCOC(=O)N1N=C(C(=O)OC)C(=C(Br)C(=O)OC)S1. The number of nitrogens with zero attached hydrogens (tertiary/aromatic N) is 2. The Balaban J connectivity index is 3.14. The van der Waals surface area contributed by atoms with Crippen LogP contribution in [0.25, 0.3) is 0 Å². The first kappa shape index (κ1) is 16.5. The van der Waals surface area contributed by atoms with Gasteiger partial charge in [-0.15, -0.1) is 9.52 Å². The highest BCUT2D eigenvalue weighted by Crippen LogP contribution is 2.36. The van der Waals surface area contributed by atoms with Crippen molar-refractivity contribution in [1.29, 1.82) is 0 Å². The first-order valence-corrected chi connectivity index (χ1v) is 6.83. The summed E-state index contributed by atoms with van der Waals surface area (Å²) in [4.78, 5) is 34.8. The minimum Gasteiger partial charge on any atom is -0.465 e. The molecule has 20 heavy (non-hydrogen) atoms. The van der Waals surface area contributed by atoms with Crippen LogP contribution < -0.4 is 0 Å². The Bertz CT molecular complexity index is 504. The Morgan fingerprint density at radius 1 is 1.30 bits per heavy atom. The van der Waals surface area contributed by atoms with Gasteiger partial charge in [0, 0.05) is 11.9 Å². The van der Waals surface area contributed by atoms with Crippen molar-refractivity contribution in [3.05, 3.63) is 9.39 Å². The average molecular weight is 367 g/mol. The van der Waals surface area contributed by atoms with E-state index in [1.54, 1.807) is 6.92 Å². The predicted molar refractivity (Wildman–Crippen MR) is 73.9 cm³/mol. The Morgan fingerprint density at radius 2 is 1.95 bits per heavy atom. The molecule has 0 aliphatic carbocycles. The van der Waals surface area contributed by atoms with Crippen LogP contribution in [0.5, 0.6) is 0 Å². The van der Waals surface area contributed by atoms with Gasteiger partial charge in [-0.3, -0.25) is 0 Å². The molecule has 1 aliphatic heterocycles. The summed E-state index contributed by atoms with van der Waals surface area (Å²) in [7, 11) is 2.34. The molecule has 0 radical (unpaired) electrons.